The highest BCUT2D eigenvalue weighted by Gasteiger charge is 2.35. The van der Waals surface area contributed by atoms with Crippen molar-refractivity contribution in [3.05, 3.63) is 89.1 Å². The van der Waals surface area contributed by atoms with Crippen LogP contribution in [0.15, 0.2) is 66.9 Å². The number of hydrogen-bond donors (Lipinski definition) is 2. The predicted molar refractivity (Wildman–Crippen MR) is 136 cm³/mol. The van der Waals surface area contributed by atoms with Gasteiger partial charge >= 0.3 is 0 Å². The van der Waals surface area contributed by atoms with Crippen molar-refractivity contribution in [2.45, 2.75) is 32.7 Å². The minimum absolute atomic E-state index is 0.00309. The van der Waals surface area contributed by atoms with E-state index in [1.54, 1.807) is 11.1 Å². The van der Waals surface area contributed by atoms with E-state index in [0.717, 1.165) is 24.2 Å². The number of likely N-dealkylation sites (tertiary alicyclic amines) is 1. The molecule has 0 spiro atoms. The van der Waals surface area contributed by atoms with E-state index in [9.17, 15) is 4.79 Å². The Morgan fingerprint density at radius 1 is 1.06 bits per heavy atom. The van der Waals surface area contributed by atoms with E-state index in [1.165, 1.54) is 16.7 Å². The highest BCUT2D eigenvalue weighted by atomic mass is 16.2. The number of benzene rings is 2. The molecule has 2 heterocycles. The predicted octanol–water partition coefficient (Wildman–Crippen LogP) is 4.36. The Labute approximate surface area is 201 Å². The number of nitriles is 1. The van der Waals surface area contributed by atoms with Gasteiger partial charge in [-0.05, 0) is 43.5 Å². The van der Waals surface area contributed by atoms with Crippen LogP contribution >= 0.6 is 0 Å². The highest BCUT2D eigenvalue weighted by Crippen LogP contribution is 2.23. The van der Waals surface area contributed by atoms with E-state index in [0.29, 0.717) is 25.3 Å². The summed E-state index contributed by atoms with van der Waals surface area (Å²) < 4.78 is 0. The van der Waals surface area contributed by atoms with Gasteiger partial charge in [0.05, 0.1) is 17.7 Å². The van der Waals surface area contributed by atoms with Crippen molar-refractivity contribution < 1.29 is 4.79 Å². The molecular weight excluding hydrogens is 422 g/mol. The molecular formula is C28H31N5O. The highest BCUT2D eigenvalue weighted by molar-refractivity contribution is 5.86. The first-order valence-electron chi connectivity index (χ1n) is 11.8. The Morgan fingerprint density at radius 3 is 2.35 bits per heavy atom. The van der Waals surface area contributed by atoms with E-state index in [4.69, 9.17) is 5.26 Å². The van der Waals surface area contributed by atoms with Gasteiger partial charge in [0.2, 0.25) is 5.91 Å². The van der Waals surface area contributed by atoms with Crippen LogP contribution in [0.25, 0.3) is 0 Å². The van der Waals surface area contributed by atoms with Gasteiger partial charge in [-0.15, -0.1) is 0 Å². The monoisotopic (exact) mass is 453 g/mol. The van der Waals surface area contributed by atoms with E-state index in [-0.39, 0.29) is 11.8 Å². The Hall–Kier alpha value is -3.85. The molecule has 1 atom stereocenters. The van der Waals surface area contributed by atoms with Crippen LogP contribution in [-0.2, 0) is 17.6 Å². The third-order valence-corrected chi connectivity index (χ3v) is 6.20. The fourth-order valence-corrected chi connectivity index (χ4v) is 4.04. The van der Waals surface area contributed by atoms with Crippen molar-refractivity contribution >= 4 is 17.4 Å². The van der Waals surface area contributed by atoms with Gasteiger partial charge in [0.25, 0.3) is 0 Å². The number of amides is 1. The molecule has 1 aliphatic rings. The van der Waals surface area contributed by atoms with Gasteiger partial charge < -0.3 is 15.5 Å². The number of carbonyl (C=O) groups excluding carboxylic acids is 1. The van der Waals surface area contributed by atoms with Crippen LogP contribution < -0.4 is 10.6 Å². The van der Waals surface area contributed by atoms with Crippen molar-refractivity contribution in [2.24, 2.45) is 5.92 Å². The number of rotatable bonds is 9. The average Bonchev–Trinajstić information content (AvgIpc) is 2.81. The molecule has 4 rings (SSSR count). The number of aromatic nitrogens is 1. The zero-order chi connectivity index (χ0) is 23.9. The molecule has 1 amide bonds. The lowest BCUT2D eigenvalue weighted by molar-refractivity contribution is -0.137. The molecule has 0 unspecified atom stereocenters. The minimum Gasteiger partial charge on any atom is -0.382 e. The molecule has 1 fully saturated rings. The molecule has 0 saturated carbocycles. The summed E-state index contributed by atoms with van der Waals surface area (Å²) in [6, 6.07) is 22.4. The third kappa shape index (κ3) is 5.93. The van der Waals surface area contributed by atoms with Gasteiger partial charge in [-0.1, -0.05) is 59.7 Å². The lowest BCUT2D eigenvalue weighted by Gasteiger charge is -2.38. The van der Waals surface area contributed by atoms with Crippen LogP contribution in [0.5, 0.6) is 0 Å². The fraction of sp³-hybridized carbons (Fsp3) is 0.321. The number of carbonyl (C=O) groups is 1. The normalized spacial score (nSPS) is 14.1. The van der Waals surface area contributed by atoms with E-state index in [1.807, 2.05) is 12.1 Å². The molecule has 2 N–H and O–H groups in total. The van der Waals surface area contributed by atoms with Gasteiger partial charge in [0.15, 0.2) is 0 Å². The molecule has 0 radical (unpaired) electrons. The van der Waals surface area contributed by atoms with Gasteiger partial charge in [0.1, 0.15) is 11.9 Å². The summed E-state index contributed by atoms with van der Waals surface area (Å²) in [5, 5.41) is 16.0. The number of pyridine rings is 1. The summed E-state index contributed by atoms with van der Waals surface area (Å²) in [7, 11) is 0. The Balaban J connectivity index is 1.46. The SMILES string of the molecule is Cc1ccc(CCNc2cccnc2N[C@@H](Cc2ccc(C)cc2)C(=O)N2CC(C#N)C2)cc1. The number of aryl methyl sites for hydroxylation is 2. The van der Waals surface area contributed by atoms with Crippen LogP contribution in [0.2, 0.25) is 0 Å². The zero-order valence-electron chi connectivity index (χ0n) is 19.8. The maximum atomic E-state index is 13.3. The molecule has 6 heteroatoms. The summed E-state index contributed by atoms with van der Waals surface area (Å²) >= 11 is 0. The summed E-state index contributed by atoms with van der Waals surface area (Å²) in [5.74, 6) is 0.593. The molecule has 6 nitrogen and oxygen atoms in total. The third-order valence-electron chi connectivity index (χ3n) is 6.20. The van der Waals surface area contributed by atoms with Gasteiger partial charge in [0, 0.05) is 32.3 Å². The van der Waals surface area contributed by atoms with Gasteiger partial charge in [-0.3, -0.25) is 4.79 Å². The maximum Gasteiger partial charge on any atom is 0.245 e. The van der Waals surface area contributed by atoms with E-state index >= 15 is 0 Å². The molecule has 0 bridgehead atoms. The molecule has 34 heavy (non-hydrogen) atoms. The van der Waals surface area contributed by atoms with E-state index in [2.05, 4.69) is 84.1 Å². The van der Waals surface area contributed by atoms with Crippen molar-refractivity contribution in [3.8, 4) is 6.07 Å². The Kier molecular flexibility index (Phi) is 7.44. The summed E-state index contributed by atoms with van der Waals surface area (Å²) in [6.07, 6.45) is 3.17. The molecule has 1 aliphatic heterocycles. The number of nitrogens with zero attached hydrogens (tertiary/aromatic N) is 3. The molecule has 1 saturated heterocycles. The van der Waals surface area contributed by atoms with Crippen LogP contribution in [0.3, 0.4) is 0 Å². The minimum atomic E-state index is -0.463. The van der Waals surface area contributed by atoms with Gasteiger partial charge in [-0.25, -0.2) is 4.98 Å². The summed E-state index contributed by atoms with van der Waals surface area (Å²) in [5.41, 5.74) is 5.66. The van der Waals surface area contributed by atoms with Crippen molar-refractivity contribution in [1.82, 2.24) is 9.88 Å². The molecule has 174 valence electrons. The second-order valence-electron chi connectivity index (χ2n) is 9.02. The smallest absolute Gasteiger partial charge is 0.245 e. The second-order valence-corrected chi connectivity index (χ2v) is 9.02. The van der Waals surface area contributed by atoms with Crippen molar-refractivity contribution in [2.75, 3.05) is 30.3 Å². The van der Waals surface area contributed by atoms with Crippen molar-refractivity contribution in [1.29, 1.82) is 5.26 Å². The zero-order valence-corrected chi connectivity index (χ0v) is 19.8. The maximum absolute atomic E-state index is 13.3. The molecule has 1 aromatic heterocycles. The van der Waals surface area contributed by atoms with Crippen LogP contribution in [0.4, 0.5) is 11.5 Å². The number of nitrogens with one attached hydrogen (secondary N) is 2. The average molecular weight is 454 g/mol. The van der Waals surface area contributed by atoms with Gasteiger partial charge in [-0.2, -0.15) is 5.26 Å². The standard InChI is InChI=1S/C28H31N5O/c1-20-5-9-22(10-6-20)13-15-30-25-4-3-14-31-27(25)32-26(16-23-11-7-21(2)8-12-23)28(34)33-18-24(17-29)19-33/h3-12,14,24,26,30H,13,15-16,18-19H2,1-2H3,(H,31,32)/t26-/m0/s1. The van der Waals surface area contributed by atoms with Crippen LogP contribution in [-0.4, -0.2) is 41.5 Å². The quantitative estimate of drug-likeness (QED) is 0.503. The largest absolute Gasteiger partial charge is 0.382 e. The second kappa shape index (κ2) is 10.8. The van der Waals surface area contributed by atoms with Crippen LogP contribution in [0, 0.1) is 31.1 Å². The first-order chi connectivity index (χ1) is 16.5. The fourth-order valence-electron chi connectivity index (χ4n) is 4.04. The Bertz CT molecular complexity index is 1140. The summed E-state index contributed by atoms with van der Waals surface area (Å²) in [4.78, 5) is 19.6. The Morgan fingerprint density at radius 2 is 1.71 bits per heavy atom. The number of hydrogen-bond acceptors (Lipinski definition) is 5. The first-order valence-corrected chi connectivity index (χ1v) is 11.8. The lowest BCUT2D eigenvalue weighted by atomic mass is 9.98. The van der Waals surface area contributed by atoms with Crippen molar-refractivity contribution in [3.63, 3.8) is 0 Å². The summed E-state index contributed by atoms with van der Waals surface area (Å²) in [6.45, 7) is 5.88. The lowest BCUT2D eigenvalue weighted by Crippen LogP contribution is -2.55. The number of anilines is 2. The van der Waals surface area contributed by atoms with E-state index < -0.39 is 6.04 Å². The molecule has 3 aromatic rings. The molecule has 0 aliphatic carbocycles. The first kappa shape index (κ1) is 23.3. The topological polar surface area (TPSA) is 81.1 Å². The van der Waals surface area contributed by atoms with Crippen LogP contribution in [0.1, 0.15) is 22.3 Å². The molecule has 2 aromatic carbocycles.